The van der Waals surface area contributed by atoms with E-state index in [4.69, 9.17) is 16.9 Å². The van der Waals surface area contributed by atoms with Gasteiger partial charge in [-0.2, -0.15) is 10.2 Å². The Morgan fingerprint density at radius 3 is 2.87 bits per heavy atom. The van der Waals surface area contributed by atoms with Crippen molar-refractivity contribution < 1.29 is 4.39 Å². The molecule has 2 N–H and O–H groups in total. The zero-order valence-electron chi connectivity index (χ0n) is 11.5. The van der Waals surface area contributed by atoms with Crippen molar-refractivity contribution >= 4 is 40.0 Å². The lowest BCUT2D eigenvalue weighted by molar-refractivity contribution is 0.628. The van der Waals surface area contributed by atoms with E-state index in [-0.39, 0.29) is 5.02 Å². The van der Waals surface area contributed by atoms with Crippen LogP contribution in [0.4, 0.5) is 16.0 Å². The highest BCUT2D eigenvalue weighted by Gasteiger charge is 2.11. The Labute approximate surface area is 134 Å². The minimum absolute atomic E-state index is 0.0285. The molecule has 0 aliphatic rings. The normalized spacial score (nSPS) is 11.0. The lowest BCUT2D eigenvalue weighted by Gasteiger charge is -2.03. The lowest BCUT2D eigenvalue weighted by atomic mass is 10.2. The highest BCUT2D eigenvalue weighted by atomic mass is 35.5. The van der Waals surface area contributed by atoms with Gasteiger partial charge in [-0.25, -0.2) is 13.9 Å². The van der Waals surface area contributed by atoms with Crippen LogP contribution >= 0.6 is 11.6 Å². The Bertz CT molecular complexity index is 1090. The van der Waals surface area contributed by atoms with Crippen molar-refractivity contribution in [2.75, 3.05) is 5.32 Å². The number of hydrogen-bond acceptors (Lipinski definition) is 4. The van der Waals surface area contributed by atoms with Crippen molar-refractivity contribution in [3.63, 3.8) is 0 Å². The third-order valence-corrected chi connectivity index (χ3v) is 3.67. The number of imidazole rings is 1. The van der Waals surface area contributed by atoms with Gasteiger partial charge in [0.05, 0.1) is 27.7 Å². The minimum atomic E-state index is -0.481. The van der Waals surface area contributed by atoms with E-state index in [9.17, 15) is 4.39 Å². The Kier molecular flexibility index (Phi) is 2.93. The van der Waals surface area contributed by atoms with E-state index in [1.165, 1.54) is 12.1 Å². The largest absolute Gasteiger partial charge is 0.324 e. The number of halogens is 2. The Balaban J connectivity index is 1.74. The number of aromatic nitrogens is 4. The summed E-state index contributed by atoms with van der Waals surface area (Å²) in [5.41, 5.74) is 2.62. The zero-order valence-corrected chi connectivity index (χ0v) is 12.3. The fourth-order valence-electron chi connectivity index (χ4n) is 2.32. The molecule has 0 bridgehead atoms. The van der Waals surface area contributed by atoms with Crippen LogP contribution in [0.5, 0.6) is 0 Å². The number of nitrogens with zero attached hydrogens (tertiary/aromatic N) is 4. The summed E-state index contributed by atoms with van der Waals surface area (Å²) in [6, 6.07) is 11.6. The Hall–Kier alpha value is -3.11. The maximum atomic E-state index is 13.2. The first-order chi connectivity index (χ1) is 11.1. The average Bonchev–Trinajstić information content (AvgIpc) is 3.07. The van der Waals surface area contributed by atoms with Crippen molar-refractivity contribution in [3.8, 4) is 6.07 Å². The van der Waals surface area contributed by atoms with E-state index >= 15 is 0 Å². The van der Waals surface area contributed by atoms with Crippen molar-refractivity contribution in [2.45, 2.75) is 0 Å². The van der Waals surface area contributed by atoms with Crippen LogP contribution in [-0.4, -0.2) is 19.6 Å². The summed E-state index contributed by atoms with van der Waals surface area (Å²) in [7, 11) is 0. The van der Waals surface area contributed by atoms with Gasteiger partial charge < -0.3 is 5.32 Å². The molecule has 4 rings (SSSR count). The summed E-state index contributed by atoms with van der Waals surface area (Å²) < 4.78 is 14.9. The number of rotatable bonds is 2. The number of aromatic amines is 1. The summed E-state index contributed by atoms with van der Waals surface area (Å²) in [5.74, 6) is 0.429. The molecule has 0 atom stereocenters. The van der Waals surface area contributed by atoms with E-state index in [2.05, 4.69) is 26.5 Å². The number of H-pyrrole nitrogens is 1. The Morgan fingerprint density at radius 2 is 2.09 bits per heavy atom. The molecule has 112 valence electrons. The van der Waals surface area contributed by atoms with Gasteiger partial charge in [-0.1, -0.05) is 11.6 Å². The maximum Gasteiger partial charge on any atom is 0.253 e. The van der Waals surface area contributed by atoms with Gasteiger partial charge in [0.25, 0.3) is 5.78 Å². The number of hydrogen-bond donors (Lipinski definition) is 2. The van der Waals surface area contributed by atoms with Gasteiger partial charge in [-0.3, -0.25) is 5.10 Å². The van der Waals surface area contributed by atoms with Crippen LogP contribution in [-0.2, 0) is 0 Å². The van der Waals surface area contributed by atoms with Crippen LogP contribution in [0.3, 0.4) is 0 Å². The molecule has 0 aliphatic heterocycles. The molecular formula is C15H8ClFN6. The average molecular weight is 327 g/mol. The molecule has 4 aromatic rings. The number of fused-ring (bicyclic) bond motifs is 3. The molecule has 0 unspecified atom stereocenters. The summed E-state index contributed by atoms with van der Waals surface area (Å²) in [5, 5.41) is 15.0. The SMILES string of the molecule is N#Cc1ccc2c(c1)nc1nc(Nc3ccc(F)c(Cl)c3)[nH]n12. The molecule has 0 fully saturated rings. The first-order valence-corrected chi connectivity index (χ1v) is 7.02. The van der Waals surface area contributed by atoms with E-state index in [1.807, 2.05) is 0 Å². The quantitative estimate of drug-likeness (QED) is 0.589. The van der Waals surface area contributed by atoms with Gasteiger partial charge in [-0.05, 0) is 36.4 Å². The monoisotopic (exact) mass is 326 g/mol. The second kappa shape index (κ2) is 4.97. The third kappa shape index (κ3) is 2.25. The first-order valence-electron chi connectivity index (χ1n) is 6.64. The molecule has 2 aromatic carbocycles. The molecule has 6 nitrogen and oxygen atoms in total. The molecule has 0 aliphatic carbocycles. The third-order valence-electron chi connectivity index (χ3n) is 3.38. The minimum Gasteiger partial charge on any atom is -0.324 e. The van der Waals surface area contributed by atoms with Crippen molar-refractivity contribution in [3.05, 3.63) is 52.8 Å². The molecular weight excluding hydrogens is 319 g/mol. The highest BCUT2D eigenvalue weighted by Crippen LogP contribution is 2.23. The van der Waals surface area contributed by atoms with Crippen molar-refractivity contribution in [1.29, 1.82) is 5.26 Å². The molecule has 0 spiro atoms. The Morgan fingerprint density at radius 1 is 1.22 bits per heavy atom. The molecule has 23 heavy (non-hydrogen) atoms. The highest BCUT2D eigenvalue weighted by molar-refractivity contribution is 6.31. The van der Waals surface area contributed by atoms with Gasteiger partial charge in [-0.15, -0.1) is 0 Å². The van der Waals surface area contributed by atoms with Gasteiger partial charge >= 0.3 is 0 Å². The topological polar surface area (TPSA) is 81.8 Å². The fourth-order valence-corrected chi connectivity index (χ4v) is 2.50. The lowest BCUT2D eigenvalue weighted by Crippen LogP contribution is -1.94. The molecule has 0 saturated heterocycles. The first kappa shape index (κ1) is 13.5. The van der Waals surface area contributed by atoms with Crippen LogP contribution in [0.15, 0.2) is 36.4 Å². The maximum absolute atomic E-state index is 13.2. The number of anilines is 2. The standard InChI is InChI=1S/C15H8ClFN6/c16-10-6-9(2-3-11(10)17)19-14-21-15-20-12-5-8(7-18)1-4-13(12)23(15)22-14/h1-6H,(H2,19,20,21,22). The summed E-state index contributed by atoms with van der Waals surface area (Å²) >= 11 is 5.75. The molecule has 0 radical (unpaired) electrons. The second-order valence-electron chi connectivity index (χ2n) is 4.89. The fraction of sp³-hybridized carbons (Fsp3) is 0. The number of nitrogens with one attached hydrogen (secondary N) is 2. The summed E-state index contributed by atoms with van der Waals surface area (Å²) in [4.78, 5) is 8.68. The number of nitriles is 1. The van der Waals surface area contributed by atoms with Crippen LogP contribution in [0.25, 0.3) is 16.8 Å². The summed E-state index contributed by atoms with van der Waals surface area (Å²) in [6.45, 7) is 0. The predicted molar refractivity (Wildman–Crippen MR) is 84.3 cm³/mol. The van der Waals surface area contributed by atoms with Crippen LogP contribution in [0.2, 0.25) is 5.02 Å². The van der Waals surface area contributed by atoms with E-state index in [0.29, 0.717) is 28.5 Å². The molecule has 2 aromatic heterocycles. The number of benzene rings is 2. The molecule has 0 amide bonds. The van der Waals surface area contributed by atoms with Crippen LogP contribution in [0.1, 0.15) is 5.56 Å². The van der Waals surface area contributed by atoms with Crippen molar-refractivity contribution in [1.82, 2.24) is 19.6 Å². The van der Waals surface area contributed by atoms with Crippen LogP contribution in [0, 0.1) is 17.1 Å². The summed E-state index contributed by atoms with van der Waals surface area (Å²) in [6.07, 6.45) is 0. The molecule has 0 saturated carbocycles. The van der Waals surface area contributed by atoms with E-state index in [0.717, 1.165) is 5.52 Å². The predicted octanol–water partition coefficient (Wildman–Crippen LogP) is 3.62. The van der Waals surface area contributed by atoms with E-state index < -0.39 is 5.82 Å². The zero-order chi connectivity index (χ0) is 16.0. The van der Waals surface area contributed by atoms with Gasteiger partial charge in [0.2, 0.25) is 5.95 Å². The van der Waals surface area contributed by atoms with Crippen molar-refractivity contribution in [2.24, 2.45) is 0 Å². The van der Waals surface area contributed by atoms with E-state index in [1.54, 1.807) is 28.8 Å². The van der Waals surface area contributed by atoms with Gasteiger partial charge in [0.1, 0.15) is 5.82 Å². The van der Waals surface area contributed by atoms with Crippen LogP contribution < -0.4 is 5.32 Å². The molecule has 8 heteroatoms. The second-order valence-corrected chi connectivity index (χ2v) is 5.30. The molecule has 2 heterocycles. The van der Waals surface area contributed by atoms with Gasteiger partial charge in [0.15, 0.2) is 0 Å². The van der Waals surface area contributed by atoms with Gasteiger partial charge in [0, 0.05) is 5.69 Å². The smallest absolute Gasteiger partial charge is 0.253 e.